The van der Waals surface area contributed by atoms with Crippen molar-refractivity contribution >= 4 is 76.4 Å². The minimum absolute atomic E-state index is 0.0706. The summed E-state index contributed by atoms with van der Waals surface area (Å²) in [5, 5.41) is 39.8. The first-order valence-electron chi connectivity index (χ1n) is 20.0. The highest BCUT2D eigenvalue weighted by Gasteiger charge is 2.36. The molecule has 14 heteroatoms. The SMILES string of the molecule is CCCCCCc1ccc(N=Nc2ccc(N=Nc3c(S4(C)OOO4)cc4ccc(Nc5ccc(CCCCCC)cc5)cc4c3O)c3cc(S(=O)(=O)[O-])ccc23)cc1. The Morgan fingerprint density at radius 3 is 1.86 bits per heavy atom. The second-order valence-corrected chi connectivity index (χ2v) is 18.4. The van der Waals surface area contributed by atoms with E-state index in [1.54, 1.807) is 24.5 Å². The molecule has 7 rings (SSSR count). The van der Waals surface area contributed by atoms with Gasteiger partial charge in [0.25, 0.3) is 0 Å². The van der Waals surface area contributed by atoms with E-state index in [0.29, 0.717) is 37.8 Å². The molecule has 1 fully saturated rings. The highest BCUT2D eigenvalue weighted by molar-refractivity contribution is 8.25. The molecule has 6 aromatic rings. The number of nitrogens with one attached hydrogen (secondary N) is 1. The van der Waals surface area contributed by atoms with Gasteiger partial charge < -0.3 is 15.0 Å². The first-order chi connectivity index (χ1) is 28.5. The molecule has 1 aliphatic rings. The van der Waals surface area contributed by atoms with Crippen molar-refractivity contribution in [2.24, 2.45) is 20.5 Å². The Hall–Kier alpha value is -5.22. The van der Waals surface area contributed by atoms with E-state index in [0.717, 1.165) is 30.6 Å². The van der Waals surface area contributed by atoms with Gasteiger partial charge in [-0.1, -0.05) is 108 Å². The van der Waals surface area contributed by atoms with Crippen molar-refractivity contribution in [1.29, 1.82) is 0 Å². The normalized spacial score (nSPS) is 14.6. The number of aromatic hydroxyl groups is 1. The van der Waals surface area contributed by atoms with Crippen molar-refractivity contribution in [3.05, 3.63) is 114 Å². The molecule has 0 atom stereocenters. The van der Waals surface area contributed by atoms with E-state index in [1.807, 2.05) is 54.6 Å². The molecule has 0 radical (unpaired) electrons. The topological polar surface area (TPSA) is 167 Å². The zero-order chi connectivity index (χ0) is 41.4. The van der Waals surface area contributed by atoms with Crippen molar-refractivity contribution in [3.63, 3.8) is 0 Å². The van der Waals surface area contributed by atoms with Gasteiger partial charge in [-0.2, -0.15) is 5.11 Å². The van der Waals surface area contributed by atoms with Gasteiger partial charge in [-0.3, -0.25) is 0 Å². The lowest BCUT2D eigenvalue weighted by Gasteiger charge is -2.41. The Bertz CT molecular complexity index is 2600. The average molecular weight is 835 g/mol. The Kier molecular flexibility index (Phi) is 13.4. The molecular formula is C45H48N5O7S2-. The summed E-state index contributed by atoms with van der Waals surface area (Å²) in [5.41, 5.74) is 5.55. The molecule has 0 saturated carbocycles. The van der Waals surface area contributed by atoms with Crippen LogP contribution in [0.3, 0.4) is 0 Å². The number of azo groups is 2. The van der Waals surface area contributed by atoms with Crippen LogP contribution in [0.4, 0.5) is 34.1 Å². The van der Waals surface area contributed by atoms with E-state index >= 15 is 0 Å². The van der Waals surface area contributed by atoms with Crippen LogP contribution in [0.25, 0.3) is 21.5 Å². The van der Waals surface area contributed by atoms with Crippen molar-refractivity contribution in [3.8, 4) is 5.75 Å². The average Bonchev–Trinajstić information content (AvgIpc) is 3.23. The van der Waals surface area contributed by atoms with Gasteiger partial charge in [-0.25, -0.2) is 8.42 Å². The zero-order valence-corrected chi connectivity index (χ0v) is 35.0. The van der Waals surface area contributed by atoms with Crippen LogP contribution in [0.1, 0.15) is 76.3 Å². The van der Waals surface area contributed by atoms with Gasteiger partial charge in [0.05, 0.1) is 26.9 Å². The molecule has 0 bridgehead atoms. The molecule has 1 aliphatic heterocycles. The molecule has 0 aromatic heterocycles. The largest absolute Gasteiger partial charge is 0.744 e. The standard InChI is InChI=1S/C45H49N5O7S2/c1-4-6-8-10-12-31-14-19-34(20-15-31)46-36-23-18-33-28-43(58(3)56-55-57-58)44(45(51)39(33)29-36)50-49-42-27-26-41(38-25-24-37(30-40(38)42)59(52,53)54)48-47-35-21-16-32(17-22-35)13-11-9-7-5-2/h14-30,46,51H,4-13H2,1-3H3,(H,52,53,54)/p-1. The summed E-state index contributed by atoms with van der Waals surface area (Å²) in [6, 6.07) is 31.0. The molecule has 308 valence electrons. The van der Waals surface area contributed by atoms with E-state index in [4.69, 9.17) is 8.67 Å². The number of anilines is 2. The fraction of sp³-hybridized carbons (Fsp3) is 0.289. The maximum atomic E-state index is 12.1. The number of fused-ring (bicyclic) bond motifs is 2. The Labute approximate surface area is 346 Å². The second kappa shape index (κ2) is 18.8. The highest BCUT2D eigenvalue weighted by atomic mass is 32.3. The fourth-order valence-corrected chi connectivity index (χ4v) is 8.68. The molecule has 6 aromatic carbocycles. The monoisotopic (exact) mass is 834 g/mol. The van der Waals surface area contributed by atoms with Crippen LogP contribution in [0.2, 0.25) is 0 Å². The van der Waals surface area contributed by atoms with Gasteiger partial charge in [0.2, 0.25) is 0 Å². The highest BCUT2D eigenvalue weighted by Crippen LogP contribution is 2.66. The predicted molar refractivity (Wildman–Crippen MR) is 233 cm³/mol. The van der Waals surface area contributed by atoms with Crippen LogP contribution in [0, 0.1) is 0 Å². The summed E-state index contributed by atoms with van der Waals surface area (Å²) in [5.74, 6) is -0.176. The van der Waals surface area contributed by atoms with E-state index in [1.165, 1.54) is 74.3 Å². The summed E-state index contributed by atoms with van der Waals surface area (Å²) in [6.45, 7) is 4.41. The van der Waals surface area contributed by atoms with Gasteiger partial charge in [-0.15, -0.1) is 15.3 Å². The summed E-state index contributed by atoms with van der Waals surface area (Å²) >= 11 is 0. The van der Waals surface area contributed by atoms with E-state index in [-0.39, 0.29) is 17.1 Å². The second-order valence-electron chi connectivity index (χ2n) is 14.8. The lowest BCUT2D eigenvalue weighted by atomic mass is 10.1. The first kappa shape index (κ1) is 41.9. The number of hydrogen-bond donors (Lipinski definition) is 2. The number of benzene rings is 6. The van der Waals surface area contributed by atoms with Gasteiger partial charge in [0, 0.05) is 33.8 Å². The van der Waals surface area contributed by atoms with Crippen LogP contribution < -0.4 is 5.32 Å². The molecule has 0 unspecified atom stereocenters. The zero-order valence-electron chi connectivity index (χ0n) is 33.4. The van der Waals surface area contributed by atoms with Crippen LogP contribution in [-0.4, -0.2) is 24.3 Å². The Morgan fingerprint density at radius 1 is 0.644 bits per heavy atom. The van der Waals surface area contributed by atoms with Crippen LogP contribution in [0.15, 0.2) is 133 Å². The number of phenolic OH excluding ortho intramolecular Hbond substituents is 1. The summed E-state index contributed by atoms with van der Waals surface area (Å²) < 4.78 is 47.2. The van der Waals surface area contributed by atoms with Crippen LogP contribution in [-0.2, 0) is 36.7 Å². The van der Waals surface area contributed by atoms with E-state index < -0.39 is 25.6 Å². The van der Waals surface area contributed by atoms with Crippen molar-refractivity contribution in [2.45, 2.75) is 87.8 Å². The van der Waals surface area contributed by atoms with Gasteiger partial charge in [-0.05, 0) is 114 Å². The molecule has 1 heterocycles. The molecule has 1 saturated heterocycles. The number of phenols is 1. The molecule has 0 amide bonds. The number of hydrogen-bond acceptors (Lipinski definition) is 12. The van der Waals surface area contributed by atoms with Crippen LogP contribution >= 0.6 is 10.6 Å². The third kappa shape index (κ3) is 10.2. The quantitative estimate of drug-likeness (QED) is 0.0373. The number of nitrogens with zero attached hydrogens (tertiary/aromatic N) is 4. The smallest absolute Gasteiger partial charge is 0.152 e. The molecule has 0 aliphatic carbocycles. The van der Waals surface area contributed by atoms with E-state index in [2.05, 4.69) is 56.8 Å². The maximum absolute atomic E-state index is 12.1. The number of rotatable bonds is 18. The van der Waals surface area contributed by atoms with Crippen molar-refractivity contribution < 1.29 is 31.8 Å². The third-order valence-electron chi connectivity index (χ3n) is 10.3. The fourth-order valence-electron chi connectivity index (χ4n) is 6.99. The molecule has 59 heavy (non-hydrogen) atoms. The van der Waals surface area contributed by atoms with Gasteiger partial charge in [0.15, 0.2) is 11.4 Å². The van der Waals surface area contributed by atoms with Gasteiger partial charge in [0.1, 0.15) is 10.1 Å². The minimum Gasteiger partial charge on any atom is -0.744 e. The van der Waals surface area contributed by atoms with Gasteiger partial charge >= 0.3 is 0 Å². The molecule has 0 spiro atoms. The lowest BCUT2D eigenvalue weighted by molar-refractivity contribution is -0.470. The third-order valence-corrected chi connectivity index (χ3v) is 12.9. The predicted octanol–water partition coefficient (Wildman–Crippen LogP) is 13.9. The van der Waals surface area contributed by atoms with Crippen molar-refractivity contribution in [1.82, 2.24) is 0 Å². The molecule has 2 N–H and O–H groups in total. The maximum Gasteiger partial charge on any atom is 0.152 e. The first-order valence-corrected chi connectivity index (χ1v) is 23.3. The summed E-state index contributed by atoms with van der Waals surface area (Å²) in [4.78, 5) is -0.0245. The molecular weight excluding hydrogens is 787 g/mol. The number of aryl methyl sites for hydroxylation is 2. The van der Waals surface area contributed by atoms with Crippen LogP contribution in [0.5, 0.6) is 5.75 Å². The number of unbranched alkanes of at least 4 members (excludes halogenated alkanes) is 6. The molecule has 12 nitrogen and oxygen atoms in total. The lowest BCUT2D eigenvalue weighted by Crippen LogP contribution is -2.18. The summed E-state index contributed by atoms with van der Waals surface area (Å²) in [7, 11) is -7.27. The van der Waals surface area contributed by atoms with Crippen molar-refractivity contribution in [2.75, 3.05) is 11.6 Å². The Balaban J connectivity index is 1.21. The Morgan fingerprint density at radius 2 is 1.25 bits per heavy atom. The summed E-state index contributed by atoms with van der Waals surface area (Å²) in [6.07, 6.45) is 13.3. The minimum atomic E-state index is -4.81. The van der Waals surface area contributed by atoms with E-state index in [9.17, 15) is 18.1 Å².